The second-order valence-electron chi connectivity index (χ2n) is 2.68. The van der Waals surface area contributed by atoms with Gasteiger partial charge in [-0.25, -0.2) is 0 Å². The van der Waals surface area contributed by atoms with E-state index in [1.165, 1.54) is 11.5 Å². The molecule has 0 unspecified atom stereocenters. The highest BCUT2D eigenvalue weighted by molar-refractivity contribution is 9.10. The van der Waals surface area contributed by atoms with Crippen LogP contribution in [0.15, 0.2) is 28.7 Å². The van der Waals surface area contributed by atoms with E-state index >= 15 is 0 Å². The summed E-state index contributed by atoms with van der Waals surface area (Å²) >= 11 is 3.41. The van der Waals surface area contributed by atoms with Crippen molar-refractivity contribution in [2.75, 3.05) is 0 Å². The van der Waals surface area contributed by atoms with E-state index in [1.807, 2.05) is 0 Å². The first-order valence-corrected chi connectivity index (χ1v) is 4.63. The molecular formula is C11H8Br. The van der Waals surface area contributed by atoms with Gasteiger partial charge in [-0.05, 0) is 43.4 Å². The maximum absolute atomic E-state index is 3.41. The van der Waals surface area contributed by atoms with Gasteiger partial charge >= 0.3 is 0 Å². The van der Waals surface area contributed by atoms with Crippen LogP contribution in [-0.2, 0) is 0 Å². The van der Waals surface area contributed by atoms with E-state index in [2.05, 4.69) is 65.9 Å². The van der Waals surface area contributed by atoms with Gasteiger partial charge in [0, 0.05) is 10.4 Å². The van der Waals surface area contributed by atoms with Crippen molar-refractivity contribution in [3.05, 3.63) is 65.9 Å². The average Bonchev–Trinajstić information content (AvgIpc) is 2.58. The van der Waals surface area contributed by atoms with Crippen LogP contribution in [-0.4, -0.2) is 0 Å². The van der Waals surface area contributed by atoms with Crippen molar-refractivity contribution in [1.29, 1.82) is 0 Å². The Morgan fingerprint density at radius 2 is 1.42 bits per heavy atom. The van der Waals surface area contributed by atoms with Crippen LogP contribution in [0.25, 0.3) is 0 Å². The molecule has 1 aromatic carbocycles. The van der Waals surface area contributed by atoms with E-state index < -0.39 is 0 Å². The van der Waals surface area contributed by atoms with Gasteiger partial charge in [-0.2, -0.15) is 0 Å². The van der Waals surface area contributed by atoms with Gasteiger partial charge in [-0.15, -0.1) is 0 Å². The van der Waals surface area contributed by atoms with Gasteiger partial charge in [-0.1, -0.05) is 28.1 Å². The summed E-state index contributed by atoms with van der Waals surface area (Å²) in [5.41, 5.74) is 1.27. The zero-order chi connectivity index (χ0) is 8.39. The molecule has 0 nitrogen and oxygen atoms in total. The van der Waals surface area contributed by atoms with E-state index in [9.17, 15) is 0 Å². The molecule has 0 N–H and O–H groups in total. The summed E-state index contributed by atoms with van der Waals surface area (Å²) in [4.78, 5) is 0. The van der Waals surface area contributed by atoms with Crippen LogP contribution >= 0.6 is 15.9 Å². The summed E-state index contributed by atoms with van der Waals surface area (Å²) in [5.74, 6) is 1.28. The molecule has 1 aliphatic carbocycles. The Bertz CT molecular complexity index is 244. The highest BCUT2D eigenvalue weighted by atomic mass is 79.9. The van der Waals surface area contributed by atoms with Gasteiger partial charge in [0.15, 0.2) is 0 Å². The van der Waals surface area contributed by atoms with Crippen LogP contribution in [0.5, 0.6) is 0 Å². The largest absolute Gasteiger partial charge is 0.0573 e. The Morgan fingerprint density at radius 3 is 2.00 bits per heavy atom. The molecule has 5 radical (unpaired) electrons. The first-order valence-electron chi connectivity index (χ1n) is 3.84. The zero-order valence-electron chi connectivity index (χ0n) is 6.50. The summed E-state index contributed by atoms with van der Waals surface area (Å²) in [6.45, 7) is 0. The Labute approximate surface area is 82.1 Å². The quantitative estimate of drug-likeness (QED) is 0.681. The smallest absolute Gasteiger partial charge is 0.0175 e. The first kappa shape index (κ1) is 8.31. The topological polar surface area (TPSA) is 0 Å². The molecule has 12 heavy (non-hydrogen) atoms. The highest BCUT2D eigenvalue weighted by Crippen LogP contribution is 2.30. The summed E-state index contributed by atoms with van der Waals surface area (Å²) in [5, 5.41) is 0. The van der Waals surface area contributed by atoms with Crippen LogP contribution < -0.4 is 0 Å². The van der Waals surface area contributed by atoms with Crippen molar-refractivity contribution in [3.63, 3.8) is 0 Å². The van der Waals surface area contributed by atoms with Crippen LogP contribution in [0.2, 0.25) is 0 Å². The molecule has 0 aliphatic heterocycles. The lowest BCUT2D eigenvalue weighted by atomic mass is 9.98. The van der Waals surface area contributed by atoms with E-state index in [4.69, 9.17) is 0 Å². The third kappa shape index (κ3) is 1.71. The normalized spacial score (nSPS) is 18.4. The molecule has 0 aromatic heterocycles. The maximum atomic E-state index is 3.41. The van der Waals surface area contributed by atoms with Crippen molar-refractivity contribution >= 4 is 15.9 Å². The highest BCUT2D eigenvalue weighted by Gasteiger charge is 2.18. The lowest BCUT2D eigenvalue weighted by Crippen LogP contribution is -1.93. The molecule has 1 aromatic rings. The van der Waals surface area contributed by atoms with Gasteiger partial charge in [0.2, 0.25) is 0 Å². The Morgan fingerprint density at radius 1 is 0.833 bits per heavy atom. The zero-order valence-corrected chi connectivity index (χ0v) is 8.08. The van der Waals surface area contributed by atoms with Gasteiger partial charge in [0.1, 0.15) is 0 Å². The fourth-order valence-electron chi connectivity index (χ4n) is 1.21. The van der Waals surface area contributed by atoms with Gasteiger partial charge in [-0.3, -0.25) is 0 Å². The summed E-state index contributed by atoms with van der Waals surface area (Å²) in [6.07, 6.45) is 8.33. The summed E-state index contributed by atoms with van der Waals surface area (Å²) in [7, 11) is 0. The number of benzene rings is 1. The number of halogens is 1. The van der Waals surface area contributed by atoms with Crippen molar-refractivity contribution in [2.45, 2.75) is 0 Å². The first-order chi connectivity index (χ1) is 5.86. The maximum Gasteiger partial charge on any atom is 0.0175 e. The Kier molecular flexibility index (Phi) is 2.50. The SMILES string of the molecule is Brc1ccc([C]2[CH][CH][CH][CH]2)cc1. The second-order valence-corrected chi connectivity index (χ2v) is 3.60. The number of rotatable bonds is 1. The summed E-state index contributed by atoms with van der Waals surface area (Å²) < 4.78 is 1.12. The number of hydrogen-bond donors (Lipinski definition) is 0. The van der Waals surface area contributed by atoms with Crippen LogP contribution in [0.1, 0.15) is 5.56 Å². The minimum absolute atomic E-state index is 1.12. The molecule has 2 rings (SSSR count). The van der Waals surface area contributed by atoms with Crippen molar-refractivity contribution in [3.8, 4) is 0 Å². The Hall–Kier alpha value is -0.300. The van der Waals surface area contributed by atoms with Crippen LogP contribution in [0.4, 0.5) is 0 Å². The minimum Gasteiger partial charge on any atom is -0.0573 e. The fraction of sp³-hybridized carbons (Fsp3) is 0. The number of hydrogen-bond acceptors (Lipinski definition) is 0. The third-order valence-corrected chi connectivity index (χ3v) is 2.37. The van der Waals surface area contributed by atoms with E-state index in [0.717, 1.165) is 4.47 Å². The predicted molar refractivity (Wildman–Crippen MR) is 53.7 cm³/mol. The summed E-state index contributed by atoms with van der Waals surface area (Å²) in [6, 6.07) is 8.34. The standard InChI is InChI=1S/C11H8Br/c12-11-7-5-10(6-8-11)9-3-1-2-4-9/h1-8H. The molecule has 0 bridgehead atoms. The van der Waals surface area contributed by atoms with Crippen molar-refractivity contribution < 1.29 is 0 Å². The monoisotopic (exact) mass is 219 g/mol. The molecular weight excluding hydrogens is 212 g/mol. The fourth-order valence-corrected chi connectivity index (χ4v) is 1.47. The van der Waals surface area contributed by atoms with E-state index in [1.54, 1.807) is 0 Å². The molecule has 0 saturated heterocycles. The molecule has 1 aliphatic rings. The van der Waals surface area contributed by atoms with Gasteiger partial charge < -0.3 is 0 Å². The molecule has 0 atom stereocenters. The molecule has 1 saturated carbocycles. The van der Waals surface area contributed by atoms with Crippen molar-refractivity contribution in [2.24, 2.45) is 0 Å². The van der Waals surface area contributed by atoms with E-state index in [0.29, 0.717) is 0 Å². The molecule has 0 heterocycles. The van der Waals surface area contributed by atoms with E-state index in [-0.39, 0.29) is 0 Å². The van der Waals surface area contributed by atoms with Crippen LogP contribution in [0.3, 0.4) is 0 Å². The van der Waals surface area contributed by atoms with Gasteiger partial charge in [0.25, 0.3) is 0 Å². The minimum atomic E-state index is 1.12. The predicted octanol–water partition coefficient (Wildman–Crippen LogP) is 3.20. The van der Waals surface area contributed by atoms with Crippen molar-refractivity contribution in [1.82, 2.24) is 0 Å². The molecule has 59 valence electrons. The molecule has 0 spiro atoms. The second kappa shape index (κ2) is 3.61. The van der Waals surface area contributed by atoms with Crippen LogP contribution in [0, 0.1) is 31.6 Å². The molecule has 1 fully saturated rings. The third-order valence-electron chi connectivity index (χ3n) is 1.84. The molecule has 0 amide bonds. The Balaban J connectivity index is 2.17. The average molecular weight is 220 g/mol. The molecule has 1 heteroatoms. The lowest BCUT2D eigenvalue weighted by Gasteiger charge is -2.06. The van der Waals surface area contributed by atoms with Gasteiger partial charge in [0.05, 0.1) is 0 Å². The lowest BCUT2D eigenvalue weighted by molar-refractivity contribution is 1.28.